The number of nitrogens with two attached hydrogens (primary N) is 1. The van der Waals surface area contributed by atoms with Gasteiger partial charge in [0, 0.05) is 12.3 Å². The van der Waals surface area contributed by atoms with Gasteiger partial charge in [-0.1, -0.05) is 0 Å². The monoisotopic (exact) mass is 406 g/mol. The summed E-state index contributed by atoms with van der Waals surface area (Å²) in [6.45, 7) is 0.719. The first kappa shape index (κ1) is 23.1. The summed E-state index contributed by atoms with van der Waals surface area (Å²) in [5.74, 6) is -3.42. The maximum Gasteiger partial charge on any atom is 0.328 e. The van der Waals surface area contributed by atoms with Crippen molar-refractivity contribution in [3.8, 4) is 0 Å². The fourth-order valence-corrected chi connectivity index (χ4v) is 2.85. The van der Waals surface area contributed by atoms with E-state index in [1.807, 2.05) is 5.32 Å². The maximum atomic E-state index is 12.6. The Kier molecular flexibility index (Phi) is 8.96. The third-order valence-electron chi connectivity index (χ3n) is 4.21. The van der Waals surface area contributed by atoms with Gasteiger partial charge in [0.1, 0.15) is 18.1 Å². The van der Waals surface area contributed by atoms with Crippen molar-refractivity contribution in [1.82, 2.24) is 15.5 Å². The Bertz CT molecular complexity index is 574. The minimum absolute atomic E-state index is 0.111. The highest BCUT2D eigenvalue weighted by Gasteiger charge is 2.38. The van der Waals surface area contributed by atoms with Gasteiger partial charge in [0.2, 0.25) is 17.7 Å². The zero-order chi connectivity index (χ0) is 20.7. The van der Waals surface area contributed by atoms with E-state index in [2.05, 4.69) is 17.9 Å². The molecular formula is C15H26N4O7S. The Labute approximate surface area is 161 Å². The van der Waals surface area contributed by atoms with E-state index < -0.39 is 60.6 Å². The average molecular weight is 406 g/mol. The fourth-order valence-electron chi connectivity index (χ4n) is 2.70. The maximum absolute atomic E-state index is 12.6. The average Bonchev–Trinajstić information content (AvgIpc) is 3.11. The second kappa shape index (κ2) is 10.4. The van der Waals surface area contributed by atoms with Crippen LogP contribution in [0, 0.1) is 0 Å². The van der Waals surface area contributed by atoms with Gasteiger partial charge in [-0.05, 0) is 19.8 Å². The van der Waals surface area contributed by atoms with E-state index in [0.717, 1.165) is 0 Å². The van der Waals surface area contributed by atoms with Gasteiger partial charge in [-0.3, -0.25) is 14.4 Å². The van der Waals surface area contributed by atoms with Crippen molar-refractivity contribution < 1.29 is 34.5 Å². The minimum atomic E-state index is -1.58. The van der Waals surface area contributed by atoms with Crippen LogP contribution in [-0.4, -0.2) is 93.1 Å². The molecule has 0 aromatic rings. The summed E-state index contributed by atoms with van der Waals surface area (Å²) in [7, 11) is 0. The lowest BCUT2D eigenvalue weighted by Crippen LogP contribution is -2.59. The van der Waals surface area contributed by atoms with E-state index in [1.54, 1.807) is 0 Å². The lowest BCUT2D eigenvalue weighted by molar-refractivity contribution is -0.144. The number of rotatable bonds is 9. The summed E-state index contributed by atoms with van der Waals surface area (Å²) in [5.41, 5.74) is 5.67. The largest absolute Gasteiger partial charge is 0.480 e. The Morgan fingerprint density at radius 1 is 1.30 bits per heavy atom. The van der Waals surface area contributed by atoms with Crippen LogP contribution in [0.4, 0.5) is 0 Å². The number of hydrogen-bond acceptors (Lipinski definition) is 8. The van der Waals surface area contributed by atoms with Crippen LogP contribution >= 0.6 is 12.6 Å². The smallest absolute Gasteiger partial charge is 0.328 e. The number of amides is 3. The molecule has 1 aliphatic rings. The van der Waals surface area contributed by atoms with Gasteiger partial charge < -0.3 is 36.6 Å². The lowest BCUT2D eigenvalue weighted by Gasteiger charge is -2.29. The summed E-state index contributed by atoms with van der Waals surface area (Å²) in [6, 6.07) is -4.75. The van der Waals surface area contributed by atoms with E-state index in [4.69, 9.17) is 15.9 Å². The molecular weight excluding hydrogens is 380 g/mol. The Morgan fingerprint density at radius 3 is 2.41 bits per heavy atom. The first-order valence-electron chi connectivity index (χ1n) is 8.43. The molecule has 11 nitrogen and oxygen atoms in total. The Morgan fingerprint density at radius 2 is 1.93 bits per heavy atom. The van der Waals surface area contributed by atoms with Crippen molar-refractivity contribution in [1.29, 1.82) is 0 Å². The van der Waals surface area contributed by atoms with E-state index >= 15 is 0 Å². The van der Waals surface area contributed by atoms with Gasteiger partial charge in [0.05, 0.1) is 18.8 Å². The number of likely N-dealkylation sites (tertiary alicyclic amines) is 1. The number of carbonyl (C=O) groups excluding carboxylic acids is 3. The zero-order valence-corrected chi connectivity index (χ0v) is 15.8. The van der Waals surface area contributed by atoms with Crippen LogP contribution in [0.3, 0.4) is 0 Å². The number of nitrogens with zero attached hydrogens (tertiary/aromatic N) is 1. The predicted octanol–water partition coefficient (Wildman–Crippen LogP) is -3.34. The molecule has 0 spiro atoms. The summed E-state index contributed by atoms with van der Waals surface area (Å²) in [6.07, 6.45) is -0.410. The second-order valence-corrected chi connectivity index (χ2v) is 6.65. The summed E-state index contributed by atoms with van der Waals surface area (Å²) < 4.78 is 0. The predicted molar refractivity (Wildman–Crippen MR) is 96.8 cm³/mol. The van der Waals surface area contributed by atoms with E-state index in [0.29, 0.717) is 19.4 Å². The third kappa shape index (κ3) is 6.06. The van der Waals surface area contributed by atoms with Crippen molar-refractivity contribution in [2.45, 2.75) is 50.0 Å². The number of aliphatic carboxylic acids is 1. The van der Waals surface area contributed by atoms with Crippen LogP contribution in [0.1, 0.15) is 19.8 Å². The summed E-state index contributed by atoms with van der Waals surface area (Å²) in [4.78, 5) is 49.2. The topological polar surface area (TPSA) is 182 Å². The molecule has 1 rings (SSSR count). The molecule has 0 aromatic heterocycles. The first-order chi connectivity index (χ1) is 12.6. The number of carbonyl (C=O) groups is 4. The van der Waals surface area contributed by atoms with E-state index in [9.17, 15) is 24.3 Å². The number of aliphatic hydroxyl groups is 2. The molecule has 1 aliphatic heterocycles. The number of thiol groups is 1. The third-order valence-corrected chi connectivity index (χ3v) is 4.61. The molecule has 1 fully saturated rings. The normalized spacial score (nSPS) is 21.1. The minimum Gasteiger partial charge on any atom is -0.480 e. The van der Waals surface area contributed by atoms with Gasteiger partial charge in [0.15, 0.2) is 0 Å². The molecule has 0 aromatic carbocycles. The molecule has 0 saturated carbocycles. The summed E-state index contributed by atoms with van der Waals surface area (Å²) >= 11 is 3.97. The molecule has 7 N–H and O–H groups in total. The SMILES string of the molecule is CC(O)C(NC(=O)C1CCCN1C(=O)C(N)CS)C(=O)NC(CO)C(=O)O. The summed E-state index contributed by atoms with van der Waals surface area (Å²) in [5, 5.41) is 32.0. The van der Waals surface area contributed by atoms with Gasteiger partial charge >= 0.3 is 5.97 Å². The van der Waals surface area contributed by atoms with Crippen molar-refractivity contribution in [2.75, 3.05) is 18.9 Å². The molecule has 0 radical (unpaired) electrons. The molecule has 0 bridgehead atoms. The van der Waals surface area contributed by atoms with Gasteiger partial charge in [0.25, 0.3) is 0 Å². The highest BCUT2D eigenvalue weighted by atomic mass is 32.1. The number of hydrogen-bond donors (Lipinski definition) is 7. The molecule has 3 amide bonds. The van der Waals surface area contributed by atoms with Crippen molar-refractivity contribution in [2.24, 2.45) is 5.73 Å². The Balaban J connectivity index is 2.84. The van der Waals surface area contributed by atoms with E-state index in [1.165, 1.54) is 11.8 Å². The number of carboxylic acid groups (broad SMARTS) is 1. The van der Waals surface area contributed by atoms with Crippen LogP contribution in [-0.2, 0) is 19.2 Å². The highest BCUT2D eigenvalue weighted by molar-refractivity contribution is 7.80. The van der Waals surface area contributed by atoms with Crippen molar-refractivity contribution in [3.63, 3.8) is 0 Å². The van der Waals surface area contributed by atoms with Crippen molar-refractivity contribution >= 4 is 36.3 Å². The molecule has 12 heteroatoms. The highest BCUT2D eigenvalue weighted by Crippen LogP contribution is 2.19. The molecule has 1 saturated heterocycles. The number of carboxylic acids is 1. The molecule has 0 aliphatic carbocycles. The standard InChI is InChI=1S/C15H26N4O7S/c1-7(21)11(13(23)17-9(5-20)15(25)26)18-12(22)10-3-2-4-19(10)14(24)8(16)6-27/h7-11,20-21,27H,2-6,16H2,1H3,(H,17,23)(H,18,22)(H,25,26). The molecule has 5 atom stereocenters. The lowest BCUT2D eigenvalue weighted by atomic mass is 10.1. The van der Waals surface area contributed by atoms with Gasteiger partial charge in [-0.15, -0.1) is 0 Å². The van der Waals surface area contributed by atoms with Gasteiger partial charge in [-0.2, -0.15) is 12.6 Å². The van der Waals surface area contributed by atoms with Crippen molar-refractivity contribution in [3.05, 3.63) is 0 Å². The molecule has 5 unspecified atom stereocenters. The molecule has 27 heavy (non-hydrogen) atoms. The van der Waals surface area contributed by atoms with Crippen LogP contribution in [0.15, 0.2) is 0 Å². The fraction of sp³-hybridized carbons (Fsp3) is 0.733. The van der Waals surface area contributed by atoms with Crippen LogP contribution < -0.4 is 16.4 Å². The Hall–Kier alpha value is -1.89. The van der Waals surface area contributed by atoms with Gasteiger partial charge in [-0.25, -0.2) is 4.79 Å². The second-order valence-electron chi connectivity index (χ2n) is 6.29. The van der Waals surface area contributed by atoms with E-state index in [-0.39, 0.29) is 5.75 Å². The number of nitrogens with one attached hydrogen (secondary N) is 2. The molecule has 1 heterocycles. The van der Waals surface area contributed by atoms with Crippen LogP contribution in [0.25, 0.3) is 0 Å². The quantitative estimate of drug-likeness (QED) is 0.194. The number of aliphatic hydroxyl groups excluding tert-OH is 2. The van der Waals surface area contributed by atoms with Crippen LogP contribution in [0.5, 0.6) is 0 Å². The van der Waals surface area contributed by atoms with Crippen LogP contribution in [0.2, 0.25) is 0 Å². The zero-order valence-electron chi connectivity index (χ0n) is 14.9. The first-order valence-corrected chi connectivity index (χ1v) is 9.06. The molecule has 154 valence electrons.